The Bertz CT molecular complexity index is 738. The molecule has 2 saturated heterocycles. The lowest BCUT2D eigenvalue weighted by molar-refractivity contribution is -0.0435. The van der Waals surface area contributed by atoms with E-state index in [1.807, 2.05) is 11.9 Å². The largest absolute Gasteiger partial charge is 0.501 e. The predicted molar refractivity (Wildman–Crippen MR) is 78.0 cm³/mol. The first-order valence-electron chi connectivity index (χ1n) is 7.29. The summed E-state index contributed by atoms with van der Waals surface area (Å²) in [4.78, 5) is 2.47. The number of ether oxygens (including phenoxy) is 1. The molecule has 24 heavy (non-hydrogen) atoms. The van der Waals surface area contributed by atoms with E-state index in [-0.39, 0.29) is 24.4 Å². The average molecular weight is 368 g/mol. The van der Waals surface area contributed by atoms with E-state index in [4.69, 9.17) is 4.74 Å². The Morgan fingerprint density at radius 3 is 2.58 bits per heavy atom. The quantitative estimate of drug-likeness (QED) is 0.743. The summed E-state index contributed by atoms with van der Waals surface area (Å²) < 4.78 is 81.4. The molecule has 1 aromatic rings. The minimum absolute atomic E-state index is 0.0507. The van der Waals surface area contributed by atoms with Gasteiger partial charge in [-0.2, -0.15) is 13.2 Å². The number of benzene rings is 1. The summed E-state index contributed by atoms with van der Waals surface area (Å²) >= 11 is 0. The Morgan fingerprint density at radius 2 is 1.96 bits per heavy atom. The highest BCUT2D eigenvalue weighted by Crippen LogP contribution is 2.38. The number of sulfone groups is 1. The van der Waals surface area contributed by atoms with Crippen molar-refractivity contribution in [2.24, 2.45) is 0 Å². The number of nitrogens with zero attached hydrogens (tertiary/aromatic N) is 2. The first-order valence-corrected chi connectivity index (χ1v) is 8.77. The lowest BCUT2D eigenvalue weighted by Crippen LogP contribution is -2.48. The molecule has 2 aliphatic rings. The first-order chi connectivity index (χ1) is 11.1. The second-order valence-corrected chi connectivity index (χ2v) is 7.83. The third-order valence-electron chi connectivity index (χ3n) is 4.44. The predicted octanol–water partition coefficient (Wildman–Crippen LogP) is 1.64. The molecule has 3 rings (SSSR count). The van der Waals surface area contributed by atoms with Crippen molar-refractivity contribution in [3.8, 4) is 0 Å². The van der Waals surface area contributed by atoms with Gasteiger partial charge in [-0.1, -0.05) is 0 Å². The molecule has 0 saturated carbocycles. The molecule has 0 aromatic heterocycles. The minimum Gasteiger partial charge on any atom is -0.373 e. The van der Waals surface area contributed by atoms with E-state index in [1.54, 1.807) is 0 Å². The zero-order valence-electron chi connectivity index (χ0n) is 12.8. The Kier molecular flexibility index (Phi) is 4.25. The van der Waals surface area contributed by atoms with Gasteiger partial charge in [-0.15, -0.1) is 0 Å². The van der Waals surface area contributed by atoms with Crippen LogP contribution in [0.4, 0.5) is 23.2 Å². The average Bonchev–Trinajstić information content (AvgIpc) is 2.91. The van der Waals surface area contributed by atoms with Gasteiger partial charge in [0.1, 0.15) is 10.7 Å². The van der Waals surface area contributed by atoms with Crippen LogP contribution in [0.5, 0.6) is 0 Å². The van der Waals surface area contributed by atoms with Gasteiger partial charge in [-0.05, 0) is 25.2 Å². The van der Waals surface area contributed by atoms with Crippen LogP contribution in [-0.2, 0) is 14.6 Å². The molecule has 0 N–H and O–H groups in total. The van der Waals surface area contributed by atoms with Gasteiger partial charge in [-0.25, -0.2) is 12.8 Å². The summed E-state index contributed by atoms with van der Waals surface area (Å²) in [6.07, 6.45) is -0.227. The van der Waals surface area contributed by atoms with Crippen molar-refractivity contribution in [3.05, 3.63) is 24.0 Å². The van der Waals surface area contributed by atoms with Crippen LogP contribution in [0.1, 0.15) is 0 Å². The molecule has 5 nitrogen and oxygen atoms in total. The number of likely N-dealkylation sites (N-methyl/N-ethyl adjacent to an activating group) is 1. The Labute approximate surface area is 136 Å². The van der Waals surface area contributed by atoms with Crippen LogP contribution in [0.3, 0.4) is 0 Å². The summed E-state index contributed by atoms with van der Waals surface area (Å²) in [6, 6.07) is 2.40. The summed E-state index contributed by atoms with van der Waals surface area (Å²) in [5.41, 5.74) is -5.64. The maximum atomic E-state index is 13.4. The van der Waals surface area contributed by atoms with E-state index in [1.165, 1.54) is 4.90 Å². The monoisotopic (exact) mass is 368 g/mol. The lowest BCUT2D eigenvalue weighted by Gasteiger charge is -2.33. The van der Waals surface area contributed by atoms with Crippen LogP contribution in [0.15, 0.2) is 23.1 Å². The van der Waals surface area contributed by atoms with Gasteiger partial charge in [0.15, 0.2) is 0 Å². The van der Waals surface area contributed by atoms with Crippen LogP contribution in [0.25, 0.3) is 0 Å². The molecular formula is C14H16F4N2O3S. The third-order valence-corrected chi connectivity index (χ3v) is 5.95. The molecule has 2 atom stereocenters. The van der Waals surface area contributed by atoms with Crippen molar-refractivity contribution in [3.63, 3.8) is 0 Å². The molecule has 134 valence electrons. The van der Waals surface area contributed by atoms with Gasteiger partial charge in [-0.3, -0.25) is 4.90 Å². The smallest absolute Gasteiger partial charge is 0.373 e. The zero-order valence-corrected chi connectivity index (χ0v) is 13.6. The number of hydrogen-bond donors (Lipinski definition) is 0. The van der Waals surface area contributed by atoms with Crippen molar-refractivity contribution in [2.45, 2.75) is 22.5 Å². The number of rotatable bonds is 2. The van der Waals surface area contributed by atoms with Gasteiger partial charge in [0.25, 0.3) is 9.84 Å². The van der Waals surface area contributed by atoms with Crippen LogP contribution in [0, 0.1) is 5.82 Å². The molecule has 1 aromatic carbocycles. The molecular weight excluding hydrogens is 352 g/mol. The van der Waals surface area contributed by atoms with Crippen molar-refractivity contribution in [2.75, 3.05) is 38.2 Å². The third kappa shape index (κ3) is 2.86. The van der Waals surface area contributed by atoms with Crippen molar-refractivity contribution in [1.29, 1.82) is 0 Å². The maximum Gasteiger partial charge on any atom is 0.501 e. The summed E-state index contributed by atoms with van der Waals surface area (Å²) in [7, 11) is -3.77. The number of halogens is 4. The number of morpholine rings is 1. The van der Waals surface area contributed by atoms with Gasteiger partial charge in [0.05, 0.1) is 24.4 Å². The highest BCUT2D eigenvalue weighted by Gasteiger charge is 2.49. The molecule has 2 fully saturated rings. The van der Waals surface area contributed by atoms with Crippen molar-refractivity contribution >= 4 is 15.5 Å². The van der Waals surface area contributed by atoms with Crippen LogP contribution < -0.4 is 4.90 Å². The minimum atomic E-state index is -5.65. The molecule has 0 bridgehead atoms. The zero-order chi connectivity index (χ0) is 17.7. The van der Waals surface area contributed by atoms with Gasteiger partial charge >= 0.3 is 5.51 Å². The molecule has 0 radical (unpaired) electrons. The number of anilines is 1. The van der Waals surface area contributed by atoms with E-state index in [0.717, 1.165) is 12.1 Å². The maximum absolute atomic E-state index is 13.4. The summed E-state index contributed by atoms with van der Waals surface area (Å²) in [6.45, 7) is 1.75. The van der Waals surface area contributed by atoms with Crippen LogP contribution in [-0.4, -0.2) is 64.3 Å². The van der Waals surface area contributed by atoms with Crippen LogP contribution in [0.2, 0.25) is 0 Å². The molecule has 2 aliphatic heterocycles. The molecule has 10 heteroatoms. The SMILES string of the molecule is CN1CCOC2CN(c3ccc(F)cc3S(=O)(=O)C(F)(F)F)CC21. The normalized spacial score (nSPS) is 25.8. The second kappa shape index (κ2) is 5.85. The van der Waals surface area contributed by atoms with E-state index >= 15 is 0 Å². The topological polar surface area (TPSA) is 49.9 Å². The number of hydrogen-bond acceptors (Lipinski definition) is 5. The van der Waals surface area contributed by atoms with E-state index in [0.29, 0.717) is 25.8 Å². The van der Waals surface area contributed by atoms with Gasteiger partial charge in [0, 0.05) is 19.6 Å². The molecule has 0 amide bonds. The lowest BCUT2D eigenvalue weighted by atomic mass is 10.1. The van der Waals surface area contributed by atoms with E-state index < -0.39 is 26.1 Å². The van der Waals surface area contributed by atoms with Crippen molar-refractivity contribution in [1.82, 2.24) is 4.90 Å². The second-order valence-electron chi connectivity index (χ2n) is 5.92. The van der Waals surface area contributed by atoms with Gasteiger partial charge in [0.2, 0.25) is 0 Å². The molecule has 0 aliphatic carbocycles. The van der Waals surface area contributed by atoms with E-state index in [2.05, 4.69) is 0 Å². The standard InChI is InChI=1S/C14H16F4N2O3S/c1-19-4-5-23-12-8-20(7-11(12)19)10-3-2-9(15)6-13(10)24(21,22)14(16,17)18/h2-3,6,11-12H,4-5,7-8H2,1H3. The first kappa shape index (κ1) is 17.4. The summed E-state index contributed by atoms with van der Waals surface area (Å²) in [5.74, 6) is -1.04. The molecule has 0 spiro atoms. The van der Waals surface area contributed by atoms with Crippen molar-refractivity contribution < 1.29 is 30.7 Å². The van der Waals surface area contributed by atoms with Gasteiger partial charge < -0.3 is 9.64 Å². The fourth-order valence-electron chi connectivity index (χ4n) is 3.14. The summed E-state index contributed by atoms with van der Waals surface area (Å²) in [5, 5.41) is 0. The highest BCUT2D eigenvalue weighted by molar-refractivity contribution is 7.92. The highest BCUT2D eigenvalue weighted by atomic mass is 32.2. The van der Waals surface area contributed by atoms with E-state index in [9.17, 15) is 26.0 Å². The fraction of sp³-hybridized carbons (Fsp3) is 0.571. The molecule has 2 unspecified atom stereocenters. The fourth-order valence-corrected chi connectivity index (χ4v) is 4.13. The molecule has 2 heterocycles. The number of alkyl halides is 3. The number of fused-ring (bicyclic) bond motifs is 1. The Balaban J connectivity index is 2.01. The van der Waals surface area contributed by atoms with Crippen LogP contribution >= 0.6 is 0 Å². The Hall–Kier alpha value is -1.39. The Morgan fingerprint density at radius 1 is 1.25 bits per heavy atom.